The van der Waals surface area contributed by atoms with E-state index in [0.29, 0.717) is 5.75 Å². The van der Waals surface area contributed by atoms with E-state index in [1.807, 2.05) is 30.3 Å². The lowest BCUT2D eigenvalue weighted by Gasteiger charge is -2.06. The van der Waals surface area contributed by atoms with Gasteiger partial charge in [-0.15, -0.1) is 16.9 Å². The molecular formula is C12H11F2N3O2S. The topological polar surface area (TPSA) is 68.0 Å². The second-order valence-electron chi connectivity index (χ2n) is 3.81. The highest BCUT2D eigenvalue weighted by Crippen LogP contribution is 2.23. The first-order valence-corrected chi connectivity index (χ1v) is 6.71. The molecule has 1 N–H and O–H groups in total. The van der Waals surface area contributed by atoms with Gasteiger partial charge in [0.25, 0.3) is 6.43 Å². The van der Waals surface area contributed by atoms with Crippen LogP contribution in [0.2, 0.25) is 0 Å². The third-order valence-electron chi connectivity index (χ3n) is 2.50. The first-order chi connectivity index (χ1) is 9.59. The third-order valence-corrected chi connectivity index (χ3v) is 3.49. The Morgan fingerprint density at radius 2 is 2.05 bits per heavy atom. The first kappa shape index (κ1) is 14.4. The van der Waals surface area contributed by atoms with Crippen molar-refractivity contribution in [3.63, 3.8) is 0 Å². The van der Waals surface area contributed by atoms with E-state index in [9.17, 15) is 13.6 Å². The van der Waals surface area contributed by atoms with Crippen LogP contribution >= 0.6 is 11.8 Å². The van der Waals surface area contributed by atoms with Crippen molar-refractivity contribution in [1.29, 1.82) is 0 Å². The van der Waals surface area contributed by atoms with Gasteiger partial charge in [-0.3, -0.25) is 0 Å². The molecule has 0 aliphatic rings. The van der Waals surface area contributed by atoms with Crippen LogP contribution in [-0.2, 0) is 6.54 Å². The zero-order valence-corrected chi connectivity index (χ0v) is 11.1. The average Bonchev–Trinajstić information content (AvgIpc) is 2.84. The Balaban J connectivity index is 2.04. The van der Waals surface area contributed by atoms with Crippen LogP contribution in [0, 0.1) is 0 Å². The summed E-state index contributed by atoms with van der Waals surface area (Å²) in [4.78, 5) is 11.8. The van der Waals surface area contributed by atoms with Crippen LogP contribution in [0.3, 0.4) is 0 Å². The van der Waals surface area contributed by atoms with Crippen LogP contribution in [0.25, 0.3) is 0 Å². The summed E-state index contributed by atoms with van der Waals surface area (Å²) in [5, 5.41) is 15.5. The fourth-order valence-electron chi connectivity index (χ4n) is 1.62. The highest BCUT2D eigenvalue weighted by atomic mass is 32.2. The van der Waals surface area contributed by atoms with E-state index in [4.69, 9.17) is 5.11 Å². The van der Waals surface area contributed by atoms with E-state index in [1.165, 1.54) is 11.8 Å². The molecule has 5 nitrogen and oxygen atoms in total. The number of aromatic carboxylic acids is 1. The largest absolute Gasteiger partial charge is 0.476 e. The van der Waals surface area contributed by atoms with Crippen molar-refractivity contribution >= 4 is 17.7 Å². The number of thioether (sulfide) groups is 1. The fourth-order valence-corrected chi connectivity index (χ4v) is 2.47. The maximum atomic E-state index is 12.9. The van der Waals surface area contributed by atoms with Crippen molar-refractivity contribution in [2.45, 2.75) is 17.9 Å². The number of halogens is 2. The number of rotatable bonds is 6. The Morgan fingerprint density at radius 3 is 2.65 bits per heavy atom. The lowest BCUT2D eigenvalue weighted by molar-refractivity contribution is 0.0675. The van der Waals surface area contributed by atoms with Crippen molar-refractivity contribution < 1.29 is 18.7 Å². The molecular weight excluding hydrogens is 288 g/mol. The van der Waals surface area contributed by atoms with Gasteiger partial charge >= 0.3 is 5.97 Å². The molecule has 0 radical (unpaired) electrons. The molecule has 8 heteroatoms. The van der Waals surface area contributed by atoms with Crippen molar-refractivity contribution in [3.8, 4) is 0 Å². The van der Waals surface area contributed by atoms with E-state index < -0.39 is 23.8 Å². The summed E-state index contributed by atoms with van der Waals surface area (Å²) in [7, 11) is 0. The molecule has 0 aliphatic carbocycles. The molecule has 0 saturated heterocycles. The second kappa shape index (κ2) is 6.47. The van der Waals surface area contributed by atoms with Crippen LogP contribution < -0.4 is 0 Å². The zero-order valence-electron chi connectivity index (χ0n) is 10.2. The number of carboxylic acid groups (broad SMARTS) is 1. The molecule has 0 fully saturated rings. The Morgan fingerprint density at radius 1 is 1.35 bits per heavy atom. The summed E-state index contributed by atoms with van der Waals surface area (Å²) >= 11 is 1.47. The quantitative estimate of drug-likeness (QED) is 0.831. The number of aryl methyl sites for hydroxylation is 1. The standard InChI is InChI=1S/C12H11F2N3O2S/c13-11(14)10-9(12(18)19)15-16-17(10)6-7-20-8-4-2-1-3-5-8/h1-5,11H,6-7H2,(H,18,19). The molecule has 0 unspecified atom stereocenters. The van der Waals surface area contributed by atoms with E-state index in [-0.39, 0.29) is 6.54 Å². The summed E-state index contributed by atoms with van der Waals surface area (Å²) in [6.45, 7) is 0.166. The van der Waals surface area contributed by atoms with Crippen molar-refractivity contribution in [1.82, 2.24) is 15.0 Å². The fraction of sp³-hybridized carbons (Fsp3) is 0.250. The van der Waals surface area contributed by atoms with Gasteiger partial charge in [0.2, 0.25) is 0 Å². The van der Waals surface area contributed by atoms with Crippen LogP contribution in [0.5, 0.6) is 0 Å². The molecule has 20 heavy (non-hydrogen) atoms. The van der Waals surface area contributed by atoms with Gasteiger partial charge in [-0.2, -0.15) is 0 Å². The summed E-state index contributed by atoms with van der Waals surface area (Å²) in [5.74, 6) is -1.01. The molecule has 1 aromatic carbocycles. The monoisotopic (exact) mass is 299 g/mol. The van der Waals surface area contributed by atoms with E-state index in [1.54, 1.807) is 0 Å². The van der Waals surface area contributed by atoms with Gasteiger partial charge in [0, 0.05) is 10.6 Å². The summed E-state index contributed by atoms with van der Waals surface area (Å²) in [5.41, 5.74) is -1.34. The van der Waals surface area contributed by atoms with Gasteiger partial charge in [-0.25, -0.2) is 18.3 Å². The van der Waals surface area contributed by atoms with Gasteiger partial charge < -0.3 is 5.11 Å². The number of hydrogen-bond donors (Lipinski definition) is 1. The van der Waals surface area contributed by atoms with Gasteiger partial charge in [0.05, 0.1) is 6.54 Å². The van der Waals surface area contributed by atoms with Crippen LogP contribution in [0.15, 0.2) is 35.2 Å². The molecule has 2 rings (SSSR count). The normalized spacial score (nSPS) is 10.9. The molecule has 106 valence electrons. The summed E-state index contributed by atoms with van der Waals surface area (Å²) in [6, 6.07) is 9.46. The van der Waals surface area contributed by atoms with Gasteiger partial charge in [-0.05, 0) is 12.1 Å². The summed E-state index contributed by atoms with van der Waals surface area (Å²) < 4.78 is 26.7. The minimum atomic E-state index is -2.92. The number of carboxylic acids is 1. The van der Waals surface area contributed by atoms with Crippen molar-refractivity contribution in [2.24, 2.45) is 0 Å². The van der Waals surface area contributed by atoms with Gasteiger partial charge in [0.1, 0.15) is 5.69 Å². The van der Waals surface area contributed by atoms with Crippen LogP contribution in [-0.4, -0.2) is 31.8 Å². The molecule has 0 atom stereocenters. The predicted octanol–water partition coefficient (Wildman–Crippen LogP) is 2.71. The SMILES string of the molecule is O=C(O)c1nnn(CCSc2ccccc2)c1C(F)F. The highest BCUT2D eigenvalue weighted by Gasteiger charge is 2.25. The number of alkyl halides is 2. The molecule has 0 saturated carbocycles. The molecule has 0 amide bonds. The summed E-state index contributed by atoms with van der Waals surface area (Å²) in [6.07, 6.45) is -2.92. The second-order valence-corrected chi connectivity index (χ2v) is 4.98. The third kappa shape index (κ3) is 3.32. The Labute approximate surface area is 117 Å². The van der Waals surface area contributed by atoms with Gasteiger partial charge in [0.15, 0.2) is 5.69 Å². The van der Waals surface area contributed by atoms with Gasteiger partial charge in [-0.1, -0.05) is 23.4 Å². The maximum absolute atomic E-state index is 12.9. The number of carbonyl (C=O) groups is 1. The van der Waals surface area contributed by atoms with E-state index >= 15 is 0 Å². The molecule has 0 bridgehead atoms. The van der Waals surface area contributed by atoms with Crippen molar-refractivity contribution in [2.75, 3.05) is 5.75 Å². The maximum Gasteiger partial charge on any atom is 0.358 e. The van der Waals surface area contributed by atoms with E-state index in [0.717, 1.165) is 9.58 Å². The molecule has 1 aromatic heterocycles. The first-order valence-electron chi connectivity index (χ1n) is 5.72. The molecule has 0 spiro atoms. The zero-order chi connectivity index (χ0) is 14.5. The molecule has 2 aromatic rings. The van der Waals surface area contributed by atoms with Crippen LogP contribution in [0.1, 0.15) is 22.6 Å². The Kier molecular flexibility index (Phi) is 4.67. The number of nitrogens with zero attached hydrogens (tertiary/aromatic N) is 3. The Bertz CT molecular complexity index is 590. The predicted molar refractivity (Wildman–Crippen MR) is 69.1 cm³/mol. The average molecular weight is 299 g/mol. The minimum absolute atomic E-state index is 0.166. The number of aromatic nitrogens is 3. The Hall–Kier alpha value is -1.96. The van der Waals surface area contributed by atoms with E-state index in [2.05, 4.69) is 10.3 Å². The van der Waals surface area contributed by atoms with Crippen molar-refractivity contribution in [3.05, 3.63) is 41.7 Å². The van der Waals surface area contributed by atoms with Crippen LogP contribution in [0.4, 0.5) is 8.78 Å². The minimum Gasteiger partial charge on any atom is -0.476 e. The number of benzene rings is 1. The smallest absolute Gasteiger partial charge is 0.358 e. The lowest BCUT2D eigenvalue weighted by Crippen LogP contribution is -2.10. The number of hydrogen-bond acceptors (Lipinski definition) is 4. The molecule has 0 aliphatic heterocycles. The molecule has 1 heterocycles. The lowest BCUT2D eigenvalue weighted by atomic mass is 10.3. The highest BCUT2D eigenvalue weighted by molar-refractivity contribution is 7.99.